The third-order valence-corrected chi connectivity index (χ3v) is 5.72. The Bertz CT molecular complexity index is 1130. The molecule has 2 aromatic carbocycles. The van der Waals surface area contributed by atoms with Crippen LogP contribution in [-0.4, -0.2) is 13.4 Å². The third kappa shape index (κ3) is 2.50. The standard InChI is InChI=1S/C17H13F2NO3S/c1-9-3-4-15(10(2)5-9)24(22,23)16-8-20-14-7-13(19)12(18)6-11(14)17(16)21/h3-8H,1-2H3,(H,20,21). The highest BCUT2D eigenvalue weighted by Gasteiger charge is 2.24. The molecule has 0 radical (unpaired) electrons. The predicted molar refractivity (Wildman–Crippen MR) is 85.9 cm³/mol. The molecular formula is C17H13F2NO3S. The van der Waals surface area contributed by atoms with Crippen LogP contribution in [0.15, 0.2) is 51.1 Å². The lowest BCUT2D eigenvalue weighted by atomic mass is 10.2. The van der Waals surface area contributed by atoms with Crippen molar-refractivity contribution >= 4 is 20.7 Å². The highest BCUT2D eigenvalue weighted by molar-refractivity contribution is 7.91. The molecule has 1 heterocycles. The number of pyridine rings is 1. The molecule has 3 aromatic rings. The van der Waals surface area contributed by atoms with E-state index in [4.69, 9.17) is 0 Å². The average Bonchev–Trinajstić information content (AvgIpc) is 2.49. The van der Waals surface area contributed by atoms with Gasteiger partial charge in [-0.25, -0.2) is 17.2 Å². The van der Waals surface area contributed by atoms with Crippen LogP contribution in [0.1, 0.15) is 11.1 Å². The minimum atomic E-state index is -4.09. The van der Waals surface area contributed by atoms with Gasteiger partial charge in [-0.2, -0.15) is 0 Å². The van der Waals surface area contributed by atoms with Gasteiger partial charge in [0, 0.05) is 17.6 Å². The van der Waals surface area contributed by atoms with E-state index in [1.807, 2.05) is 6.92 Å². The Morgan fingerprint density at radius 1 is 0.958 bits per heavy atom. The number of benzene rings is 2. The molecule has 0 aliphatic heterocycles. The normalized spacial score (nSPS) is 11.8. The van der Waals surface area contributed by atoms with Gasteiger partial charge in [0.25, 0.3) is 0 Å². The fourth-order valence-electron chi connectivity index (χ4n) is 2.61. The molecule has 3 rings (SSSR count). The van der Waals surface area contributed by atoms with E-state index in [0.717, 1.165) is 17.8 Å². The lowest BCUT2D eigenvalue weighted by Gasteiger charge is -2.09. The number of hydrogen-bond donors (Lipinski definition) is 1. The Morgan fingerprint density at radius 3 is 2.29 bits per heavy atom. The zero-order valence-electron chi connectivity index (χ0n) is 12.9. The van der Waals surface area contributed by atoms with E-state index in [1.165, 1.54) is 6.07 Å². The van der Waals surface area contributed by atoms with Gasteiger partial charge in [0.1, 0.15) is 4.90 Å². The van der Waals surface area contributed by atoms with Gasteiger partial charge in [0.05, 0.1) is 10.4 Å². The summed E-state index contributed by atoms with van der Waals surface area (Å²) in [7, 11) is -4.09. The summed E-state index contributed by atoms with van der Waals surface area (Å²) in [4.78, 5) is 14.5. The number of fused-ring (bicyclic) bond motifs is 1. The van der Waals surface area contributed by atoms with Crippen LogP contribution in [0, 0.1) is 25.5 Å². The van der Waals surface area contributed by atoms with Crippen molar-refractivity contribution in [3.8, 4) is 0 Å². The van der Waals surface area contributed by atoms with Crippen molar-refractivity contribution in [1.29, 1.82) is 0 Å². The van der Waals surface area contributed by atoms with Crippen LogP contribution in [0.4, 0.5) is 8.78 Å². The van der Waals surface area contributed by atoms with Crippen molar-refractivity contribution in [2.24, 2.45) is 0 Å². The quantitative estimate of drug-likeness (QED) is 0.772. The summed E-state index contributed by atoms with van der Waals surface area (Å²) in [5.41, 5.74) is 0.539. The second-order valence-electron chi connectivity index (χ2n) is 5.57. The van der Waals surface area contributed by atoms with Gasteiger partial charge in [-0.1, -0.05) is 17.7 Å². The van der Waals surface area contributed by atoms with Gasteiger partial charge < -0.3 is 4.98 Å². The van der Waals surface area contributed by atoms with Crippen molar-refractivity contribution in [2.75, 3.05) is 0 Å². The largest absolute Gasteiger partial charge is 0.360 e. The van der Waals surface area contributed by atoms with E-state index in [2.05, 4.69) is 4.98 Å². The van der Waals surface area contributed by atoms with Crippen molar-refractivity contribution < 1.29 is 17.2 Å². The molecule has 0 atom stereocenters. The summed E-state index contributed by atoms with van der Waals surface area (Å²) in [6.45, 7) is 3.45. The molecule has 0 fully saturated rings. The van der Waals surface area contributed by atoms with E-state index in [1.54, 1.807) is 19.1 Å². The molecular weight excluding hydrogens is 336 g/mol. The van der Waals surface area contributed by atoms with Crippen LogP contribution in [0.3, 0.4) is 0 Å². The molecule has 7 heteroatoms. The van der Waals surface area contributed by atoms with E-state index >= 15 is 0 Å². The van der Waals surface area contributed by atoms with E-state index in [9.17, 15) is 22.0 Å². The van der Waals surface area contributed by atoms with Crippen LogP contribution in [-0.2, 0) is 9.84 Å². The minimum absolute atomic E-state index is 0.000494. The van der Waals surface area contributed by atoms with Crippen molar-refractivity contribution in [1.82, 2.24) is 4.98 Å². The molecule has 0 saturated carbocycles. The fourth-order valence-corrected chi connectivity index (χ4v) is 4.15. The van der Waals surface area contributed by atoms with Gasteiger partial charge in [0.2, 0.25) is 15.3 Å². The topological polar surface area (TPSA) is 67.0 Å². The Morgan fingerprint density at radius 2 is 1.62 bits per heavy atom. The van der Waals surface area contributed by atoms with Gasteiger partial charge >= 0.3 is 0 Å². The predicted octanol–water partition coefficient (Wildman–Crippen LogP) is 3.26. The summed E-state index contributed by atoms with van der Waals surface area (Å²) in [6, 6.07) is 6.26. The maximum atomic E-state index is 13.4. The number of halogens is 2. The highest BCUT2D eigenvalue weighted by Crippen LogP contribution is 2.24. The monoisotopic (exact) mass is 349 g/mol. The van der Waals surface area contributed by atoms with Crippen LogP contribution in [0.25, 0.3) is 10.9 Å². The molecule has 0 spiro atoms. The lowest BCUT2D eigenvalue weighted by molar-refractivity contribution is 0.510. The first-order valence-electron chi connectivity index (χ1n) is 7.04. The number of H-pyrrole nitrogens is 1. The lowest BCUT2D eigenvalue weighted by Crippen LogP contribution is -2.17. The molecule has 0 saturated heterocycles. The van der Waals surface area contributed by atoms with Crippen LogP contribution >= 0.6 is 0 Å². The zero-order chi connectivity index (χ0) is 17.6. The fraction of sp³-hybridized carbons (Fsp3) is 0.118. The SMILES string of the molecule is Cc1ccc(S(=O)(=O)c2c[nH]c3cc(F)c(F)cc3c2=O)c(C)c1. The Kier molecular flexibility index (Phi) is 3.76. The van der Waals surface area contributed by atoms with Crippen molar-refractivity contribution in [3.05, 3.63) is 69.5 Å². The van der Waals surface area contributed by atoms with Crippen LogP contribution in [0.5, 0.6) is 0 Å². The van der Waals surface area contributed by atoms with Crippen molar-refractivity contribution in [3.63, 3.8) is 0 Å². The molecule has 0 bridgehead atoms. The van der Waals surface area contributed by atoms with Gasteiger partial charge in [-0.3, -0.25) is 4.79 Å². The summed E-state index contributed by atoms with van der Waals surface area (Å²) in [5.74, 6) is -2.34. The summed E-state index contributed by atoms with van der Waals surface area (Å²) in [6.07, 6.45) is 1.01. The Hall–Kier alpha value is -2.54. The molecule has 0 aliphatic rings. The first-order valence-corrected chi connectivity index (χ1v) is 8.53. The highest BCUT2D eigenvalue weighted by atomic mass is 32.2. The molecule has 0 aliphatic carbocycles. The summed E-state index contributed by atoms with van der Waals surface area (Å²) < 4.78 is 52.3. The number of hydrogen-bond acceptors (Lipinski definition) is 3. The second kappa shape index (κ2) is 5.52. The number of aryl methyl sites for hydroxylation is 2. The molecule has 4 nitrogen and oxygen atoms in total. The second-order valence-corrected chi connectivity index (χ2v) is 7.45. The Labute approximate surface area is 136 Å². The number of nitrogens with one attached hydrogen (secondary N) is 1. The summed E-state index contributed by atoms with van der Waals surface area (Å²) in [5, 5.41) is -0.222. The van der Waals surface area contributed by atoms with E-state index < -0.39 is 31.8 Å². The number of sulfone groups is 1. The van der Waals surface area contributed by atoms with E-state index in [0.29, 0.717) is 11.6 Å². The van der Waals surface area contributed by atoms with E-state index in [-0.39, 0.29) is 15.8 Å². The molecule has 1 N–H and O–H groups in total. The first-order chi connectivity index (χ1) is 11.2. The average molecular weight is 349 g/mol. The zero-order valence-corrected chi connectivity index (χ0v) is 13.7. The van der Waals surface area contributed by atoms with Gasteiger partial charge in [-0.15, -0.1) is 0 Å². The summed E-state index contributed by atoms with van der Waals surface area (Å²) >= 11 is 0. The number of rotatable bonds is 2. The first kappa shape index (κ1) is 16.3. The number of aromatic nitrogens is 1. The van der Waals surface area contributed by atoms with Crippen LogP contribution in [0.2, 0.25) is 0 Å². The Balaban J connectivity index is 2.31. The molecule has 24 heavy (non-hydrogen) atoms. The van der Waals surface area contributed by atoms with Crippen LogP contribution < -0.4 is 5.43 Å². The minimum Gasteiger partial charge on any atom is -0.360 e. The smallest absolute Gasteiger partial charge is 0.212 e. The molecule has 1 aromatic heterocycles. The maximum absolute atomic E-state index is 13.4. The van der Waals surface area contributed by atoms with Crippen molar-refractivity contribution in [2.45, 2.75) is 23.6 Å². The van der Waals surface area contributed by atoms with Gasteiger partial charge in [-0.05, 0) is 31.5 Å². The third-order valence-electron chi connectivity index (χ3n) is 3.80. The molecule has 0 amide bonds. The number of aromatic amines is 1. The molecule has 124 valence electrons. The maximum Gasteiger partial charge on any atom is 0.212 e. The molecule has 0 unspecified atom stereocenters. The van der Waals surface area contributed by atoms with Gasteiger partial charge in [0.15, 0.2) is 11.6 Å².